The van der Waals surface area contributed by atoms with Crippen LogP contribution in [0, 0.1) is 0 Å². The zero-order valence-electron chi connectivity index (χ0n) is 13.1. The van der Waals surface area contributed by atoms with Gasteiger partial charge in [-0.05, 0) is 29.3 Å². The van der Waals surface area contributed by atoms with E-state index in [9.17, 15) is 8.78 Å². The Hall–Kier alpha value is -1.76. The third kappa shape index (κ3) is 4.87. The van der Waals surface area contributed by atoms with Gasteiger partial charge in [-0.15, -0.1) is 12.4 Å². The number of aromatic nitrogens is 1. The van der Waals surface area contributed by atoms with Crippen LogP contribution in [0.3, 0.4) is 0 Å². The van der Waals surface area contributed by atoms with Crippen LogP contribution in [0.5, 0.6) is 5.75 Å². The van der Waals surface area contributed by atoms with Crippen LogP contribution in [0.4, 0.5) is 8.78 Å². The molecule has 3 rings (SSSR count). The lowest BCUT2D eigenvalue weighted by atomic mass is 10.0. The second-order valence-electron chi connectivity index (χ2n) is 5.50. The maximum Gasteiger partial charge on any atom is 0.387 e. The summed E-state index contributed by atoms with van der Waals surface area (Å²) in [6, 6.07) is 11.1. The lowest BCUT2D eigenvalue weighted by Gasteiger charge is -2.36. The lowest BCUT2D eigenvalue weighted by Crippen LogP contribution is -2.45. The Kier molecular flexibility index (Phi) is 6.90. The molecule has 2 aromatic rings. The highest BCUT2D eigenvalue weighted by atomic mass is 35.5. The van der Waals surface area contributed by atoms with Crippen LogP contribution in [0.25, 0.3) is 0 Å². The summed E-state index contributed by atoms with van der Waals surface area (Å²) in [6.45, 7) is 0.705. The molecular weight excluding hydrogens is 336 g/mol. The van der Waals surface area contributed by atoms with E-state index in [0.717, 1.165) is 31.7 Å². The largest absolute Gasteiger partial charge is 0.435 e. The molecule has 1 aliphatic heterocycles. The minimum Gasteiger partial charge on any atom is -0.435 e. The molecule has 1 saturated heterocycles. The van der Waals surface area contributed by atoms with Crippen LogP contribution in [0.15, 0.2) is 48.8 Å². The number of ether oxygens (including phenoxy) is 1. The number of rotatable bonds is 5. The van der Waals surface area contributed by atoms with Crippen molar-refractivity contribution in [3.8, 4) is 5.75 Å². The third-order valence-corrected chi connectivity index (χ3v) is 3.96. The Morgan fingerprint density at radius 1 is 1.25 bits per heavy atom. The van der Waals surface area contributed by atoms with Crippen LogP contribution in [-0.2, 0) is 6.54 Å². The van der Waals surface area contributed by atoms with E-state index in [2.05, 4.69) is 26.0 Å². The van der Waals surface area contributed by atoms with E-state index in [0.29, 0.717) is 0 Å². The minimum absolute atomic E-state index is 0. The number of hydrogen-bond donors (Lipinski definition) is 1. The van der Waals surface area contributed by atoms with E-state index in [1.54, 1.807) is 18.3 Å². The van der Waals surface area contributed by atoms with E-state index in [-0.39, 0.29) is 24.2 Å². The summed E-state index contributed by atoms with van der Waals surface area (Å²) >= 11 is 0. The summed E-state index contributed by atoms with van der Waals surface area (Å²) in [6.07, 6.45) is 3.66. The molecule has 1 fully saturated rings. The summed E-state index contributed by atoms with van der Waals surface area (Å²) in [4.78, 5) is 6.57. The van der Waals surface area contributed by atoms with Crippen molar-refractivity contribution in [3.05, 3.63) is 59.9 Å². The molecule has 0 aliphatic carbocycles. The zero-order chi connectivity index (χ0) is 16.1. The number of halogens is 3. The molecule has 0 spiro atoms. The molecule has 130 valence electrons. The average Bonchev–Trinajstić information content (AvgIpc) is 2.57. The van der Waals surface area contributed by atoms with E-state index < -0.39 is 6.61 Å². The second-order valence-corrected chi connectivity index (χ2v) is 5.50. The van der Waals surface area contributed by atoms with E-state index >= 15 is 0 Å². The Bertz CT molecular complexity index is 613. The molecule has 0 bridgehead atoms. The standard InChI is InChI=1S/C17H19F2N3O.ClH/c18-17(19)23-15-5-3-13(4-6-15)12-22-9-8-21-11-16(22)14-2-1-7-20-10-14;/h1-7,10,16-17,21H,8-9,11-12H2;1H. The molecule has 7 heteroatoms. The predicted molar refractivity (Wildman–Crippen MR) is 90.6 cm³/mol. The molecule has 24 heavy (non-hydrogen) atoms. The number of benzene rings is 1. The number of alkyl halides is 2. The maximum absolute atomic E-state index is 12.2. The predicted octanol–water partition coefficient (Wildman–Crippen LogP) is 3.25. The SMILES string of the molecule is Cl.FC(F)Oc1ccc(CN2CCNCC2c2cccnc2)cc1. The van der Waals surface area contributed by atoms with Gasteiger partial charge in [0.1, 0.15) is 5.75 Å². The lowest BCUT2D eigenvalue weighted by molar-refractivity contribution is -0.0498. The fourth-order valence-corrected chi connectivity index (χ4v) is 2.85. The van der Waals surface area contributed by atoms with Gasteiger partial charge in [-0.25, -0.2) is 0 Å². The molecule has 0 saturated carbocycles. The Balaban J connectivity index is 0.00000208. The third-order valence-electron chi connectivity index (χ3n) is 3.96. The molecule has 1 aromatic heterocycles. The second kappa shape index (κ2) is 8.92. The molecule has 1 atom stereocenters. The quantitative estimate of drug-likeness (QED) is 0.893. The Labute approximate surface area is 146 Å². The number of nitrogens with one attached hydrogen (secondary N) is 1. The van der Waals surface area contributed by atoms with Crippen LogP contribution in [0.1, 0.15) is 17.2 Å². The number of nitrogens with zero attached hydrogens (tertiary/aromatic N) is 2. The van der Waals surface area contributed by atoms with Crippen molar-refractivity contribution in [2.45, 2.75) is 19.2 Å². The minimum atomic E-state index is -2.79. The van der Waals surface area contributed by atoms with Crippen molar-refractivity contribution in [1.29, 1.82) is 0 Å². The first-order chi connectivity index (χ1) is 11.2. The Morgan fingerprint density at radius 3 is 2.71 bits per heavy atom. The Morgan fingerprint density at radius 2 is 2.04 bits per heavy atom. The summed E-state index contributed by atoms with van der Waals surface area (Å²) in [5.41, 5.74) is 2.25. The molecule has 0 amide bonds. The first-order valence-corrected chi connectivity index (χ1v) is 7.61. The van der Waals surface area contributed by atoms with Crippen molar-refractivity contribution < 1.29 is 13.5 Å². The highest BCUT2D eigenvalue weighted by molar-refractivity contribution is 5.85. The van der Waals surface area contributed by atoms with Gasteiger partial charge in [0.25, 0.3) is 0 Å². The number of piperazine rings is 1. The van der Waals surface area contributed by atoms with Crippen LogP contribution in [0.2, 0.25) is 0 Å². The van der Waals surface area contributed by atoms with Crippen LogP contribution >= 0.6 is 12.4 Å². The summed E-state index contributed by atoms with van der Waals surface area (Å²) < 4.78 is 28.8. The number of pyridine rings is 1. The van der Waals surface area contributed by atoms with E-state index in [4.69, 9.17) is 0 Å². The zero-order valence-corrected chi connectivity index (χ0v) is 13.9. The van der Waals surface area contributed by atoms with Gasteiger partial charge in [-0.2, -0.15) is 8.78 Å². The van der Waals surface area contributed by atoms with Gasteiger partial charge in [-0.1, -0.05) is 18.2 Å². The van der Waals surface area contributed by atoms with Gasteiger partial charge in [0.05, 0.1) is 0 Å². The van der Waals surface area contributed by atoms with Gasteiger partial charge in [0.15, 0.2) is 0 Å². The monoisotopic (exact) mass is 355 g/mol. The molecule has 4 nitrogen and oxygen atoms in total. The van der Waals surface area contributed by atoms with Gasteiger partial charge >= 0.3 is 6.61 Å². The normalized spacial score (nSPS) is 18.2. The van der Waals surface area contributed by atoms with Crippen molar-refractivity contribution >= 4 is 12.4 Å². The van der Waals surface area contributed by atoms with Gasteiger partial charge < -0.3 is 10.1 Å². The highest BCUT2D eigenvalue weighted by Gasteiger charge is 2.23. The van der Waals surface area contributed by atoms with Crippen molar-refractivity contribution in [1.82, 2.24) is 15.2 Å². The molecule has 1 aromatic carbocycles. The smallest absolute Gasteiger partial charge is 0.387 e. The van der Waals surface area contributed by atoms with Gasteiger partial charge in [0.2, 0.25) is 0 Å². The van der Waals surface area contributed by atoms with Crippen molar-refractivity contribution in [3.63, 3.8) is 0 Å². The summed E-state index contributed by atoms with van der Waals surface area (Å²) in [5, 5.41) is 3.41. The molecule has 1 N–H and O–H groups in total. The van der Waals surface area contributed by atoms with Crippen molar-refractivity contribution in [2.24, 2.45) is 0 Å². The first kappa shape index (κ1) is 18.6. The topological polar surface area (TPSA) is 37.4 Å². The average molecular weight is 356 g/mol. The maximum atomic E-state index is 12.2. The fourth-order valence-electron chi connectivity index (χ4n) is 2.85. The molecule has 1 unspecified atom stereocenters. The molecule has 0 radical (unpaired) electrons. The molecular formula is C17H20ClF2N3O. The summed E-state index contributed by atoms with van der Waals surface area (Å²) in [7, 11) is 0. The van der Waals surface area contributed by atoms with Crippen molar-refractivity contribution in [2.75, 3.05) is 19.6 Å². The molecule has 1 aliphatic rings. The van der Waals surface area contributed by atoms with Gasteiger partial charge in [-0.3, -0.25) is 9.88 Å². The first-order valence-electron chi connectivity index (χ1n) is 7.61. The van der Waals surface area contributed by atoms with Gasteiger partial charge in [0, 0.05) is 44.6 Å². The summed E-state index contributed by atoms with van der Waals surface area (Å²) in [5.74, 6) is 0.188. The van der Waals surface area contributed by atoms with E-state index in [1.165, 1.54) is 5.56 Å². The number of hydrogen-bond acceptors (Lipinski definition) is 4. The highest BCUT2D eigenvalue weighted by Crippen LogP contribution is 2.24. The van der Waals surface area contributed by atoms with E-state index in [1.807, 2.05) is 24.4 Å². The fraction of sp³-hybridized carbons (Fsp3) is 0.353. The molecule has 2 heterocycles. The van der Waals surface area contributed by atoms with Crippen LogP contribution in [-0.4, -0.2) is 36.1 Å². The van der Waals surface area contributed by atoms with Crippen LogP contribution < -0.4 is 10.1 Å².